The van der Waals surface area contributed by atoms with Crippen LogP contribution < -0.4 is 5.32 Å². The second kappa shape index (κ2) is 3.53. The largest absolute Gasteiger partial charge is 0.465 e. The SMILES string of the molecule is O=C(O)NC1CCCC(O)C1=O. The number of aliphatic hydroxyl groups excluding tert-OH is 1. The molecule has 0 bridgehead atoms. The Hall–Kier alpha value is -1.10. The van der Waals surface area contributed by atoms with E-state index < -0.39 is 24.0 Å². The van der Waals surface area contributed by atoms with Crippen molar-refractivity contribution in [2.45, 2.75) is 31.4 Å². The van der Waals surface area contributed by atoms with E-state index in [-0.39, 0.29) is 0 Å². The molecule has 5 nitrogen and oxygen atoms in total. The van der Waals surface area contributed by atoms with Gasteiger partial charge in [-0.05, 0) is 19.3 Å². The Labute approximate surface area is 69.4 Å². The van der Waals surface area contributed by atoms with E-state index in [0.29, 0.717) is 19.3 Å². The van der Waals surface area contributed by atoms with E-state index >= 15 is 0 Å². The molecule has 0 aromatic heterocycles. The first-order valence-electron chi connectivity index (χ1n) is 3.82. The molecular weight excluding hydrogens is 162 g/mol. The molecule has 5 heteroatoms. The molecular formula is C7H11NO4. The number of Topliss-reactive ketones (excluding diaryl/α,β-unsaturated/α-hetero) is 1. The molecule has 0 aliphatic heterocycles. The normalized spacial score (nSPS) is 29.9. The molecule has 1 saturated carbocycles. The van der Waals surface area contributed by atoms with Gasteiger partial charge in [-0.2, -0.15) is 0 Å². The van der Waals surface area contributed by atoms with Gasteiger partial charge < -0.3 is 15.5 Å². The van der Waals surface area contributed by atoms with Crippen molar-refractivity contribution in [2.75, 3.05) is 0 Å². The summed E-state index contributed by atoms with van der Waals surface area (Å²) in [5.41, 5.74) is 0. The number of carboxylic acid groups (broad SMARTS) is 1. The molecule has 0 spiro atoms. The first kappa shape index (κ1) is 8.99. The zero-order valence-corrected chi connectivity index (χ0v) is 6.49. The maximum absolute atomic E-state index is 11.1. The van der Waals surface area contributed by atoms with Crippen LogP contribution in [0.5, 0.6) is 0 Å². The number of nitrogens with one attached hydrogen (secondary N) is 1. The van der Waals surface area contributed by atoms with Crippen molar-refractivity contribution in [3.63, 3.8) is 0 Å². The van der Waals surface area contributed by atoms with E-state index in [0.717, 1.165) is 0 Å². The van der Waals surface area contributed by atoms with E-state index in [2.05, 4.69) is 5.32 Å². The summed E-state index contributed by atoms with van der Waals surface area (Å²) in [5.74, 6) is -0.413. The van der Waals surface area contributed by atoms with E-state index in [1.165, 1.54) is 0 Å². The summed E-state index contributed by atoms with van der Waals surface area (Å²) in [6.45, 7) is 0. The van der Waals surface area contributed by atoms with Gasteiger partial charge in [-0.15, -0.1) is 0 Å². The molecule has 68 valence electrons. The van der Waals surface area contributed by atoms with Crippen LogP contribution in [0, 0.1) is 0 Å². The summed E-state index contributed by atoms with van der Waals surface area (Å²) in [5, 5.41) is 19.5. The third kappa shape index (κ3) is 1.94. The zero-order valence-electron chi connectivity index (χ0n) is 6.49. The van der Waals surface area contributed by atoms with Crippen LogP contribution in [0.15, 0.2) is 0 Å². The summed E-state index contributed by atoms with van der Waals surface area (Å²) in [7, 11) is 0. The topological polar surface area (TPSA) is 86.6 Å². The molecule has 0 aromatic rings. The van der Waals surface area contributed by atoms with Crippen molar-refractivity contribution in [1.29, 1.82) is 0 Å². The Balaban J connectivity index is 2.52. The number of carbonyl (C=O) groups is 2. The number of hydrogen-bond donors (Lipinski definition) is 3. The molecule has 1 aliphatic rings. The molecule has 2 unspecified atom stereocenters. The molecule has 1 rings (SSSR count). The minimum atomic E-state index is -1.22. The lowest BCUT2D eigenvalue weighted by molar-refractivity contribution is -0.131. The highest BCUT2D eigenvalue weighted by molar-refractivity contribution is 5.91. The fourth-order valence-corrected chi connectivity index (χ4v) is 1.32. The Kier molecular flexibility index (Phi) is 2.65. The summed E-state index contributed by atoms with van der Waals surface area (Å²) < 4.78 is 0. The lowest BCUT2D eigenvalue weighted by Crippen LogP contribution is -2.47. The van der Waals surface area contributed by atoms with Gasteiger partial charge in [0.25, 0.3) is 0 Å². The van der Waals surface area contributed by atoms with Gasteiger partial charge in [0, 0.05) is 0 Å². The summed E-state index contributed by atoms with van der Waals surface area (Å²) in [6.07, 6.45) is -0.602. The predicted molar refractivity (Wildman–Crippen MR) is 39.8 cm³/mol. The van der Waals surface area contributed by atoms with Crippen LogP contribution in [0.2, 0.25) is 0 Å². The number of ketones is 1. The van der Waals surface area contributed by atoms with Gasteiger partial charge in [0.2, 0.25) is 0 Å². The van der Waals surface area contributed by atoms with E-state index in [1.54, 1.807) is 0 Å². The van der Waals surface area contributed by atoms with Gasteiger partial charge in [0.15, 0.2) is 5.78 Å². The van der Waals surface area contributed by atoms with Gasteiger partial charge in [-0.25, -0.2) is 4.79 Å². The van der Waals surface area contributed by atoms with E-state index in [4.69, 9.17) is 10.2 Å². The standard InChI is InChI=1S/C7H11NO4/c9-5-3-1-2-4(6(5)10)8-7(11)12/h4-5,8-9H,1-3H2,(H,11,12). The van der Waals surface area contributed by atoms with Crippen LogP contribution in [-0.4, -0.2) is 34.2 Å². The maximum Gasteiger partial charge on any atom is 0.405 e. The molecule has 2 atom stereocenters. The van der Waals surface area contributed by atoms with Crippen molar-refractivity contribution >= 4 is 11.9 Å². The number of amides is 1. The lowest BCUT2D eigenvalue weighted by Gasteiger charge is -2.23. The fourth-order valence-electron chi connectivity index (χ4n) is 1.32. The van der Waals surface area contributed by atoms with Gasteiger partial charge in [-0.3, -0.25) is 4.79 Å². The fraction of sp³-hybridized carbons (Fsp3) is 0.714. The third-order valence-electron chi connectivity index (χ3n) is 1.94. The van der Waals surface area contributed by atoms with Crippen LogP contribution in [0.25, 0.3) is 0 Å². The number of aliphatic hydroxyl groups is 1. The molecule has 0 heterocycles. The highest BCUT2D eigenvalue weighted by Gasteiger charge is 2.30. The van der Waals surface area contributed by atoms with Gasteiger partial charge in [0.1, 0.15) is 6.10 Å². The Morgan fingerprint density at radius 1 is 1.50 bits per heavy atom. The minimum absolute atomic E-state index is 0.413. The lowest BCUT2D eigenvalue weighted by atomic mass is 9.92. The summed E-state index contributed by atoms with van der Waals surface area (Å²) >= 11 is 0. The second-order valence-electron chi connectivity index (χ2n) is 2.85. The minimum Gasteiger partial charge on any atom is -0.465 e. The monoisotopic (exact) mass is 173 g/mol. The zero-order chi connectivity index (χ0) is 9.14. The van der Waals surface area contributed by atoms with Crippen LogP contribution in [-0.2, 0) is 4.79 Å². The van der Waals surface area contributed by atoms with Crippen molar-refractivity contribution in [2.24, 2.45) is 0 Å². The molecule has 0 aromatic carbocycles. The van der Waals surface area contributed by atoms with E-state index in [9.17, 15) is 9.59 Å². The summed E-state index contributed by atoms with van der Waals surface area (Å²) in [6, 6.07) is -0.716. The molecule has 1 amide bonds. The molecule has 1 aliphatic carbocycles. The maximum atomic E-state index is 11.1. The van der Waals surface area contributed by atoms with E-state index in [1.807, 2.05) is 0 Å². The first-order valence-corrected chi connectivity index (χ1v) is 3.82. The second-order valence-corrected chi connectivity index (χ2v) is 2.85. The van der Waals surface area contributed by atoms with Crippen LogP contribution in [0.3, 0.4) is 0 Å². The number of hydrogen-bond acceptors (Lipinski definition) is 3. The molecule has 3 N–H and O–H groups in total. The van der Waals surface area contributed by atoms with Gasteiger partial charge >= 0.3 is 6.09 Å². The number of carbonyl (C=O) groups excluding carboxylic acids is 1. The van der Waals surface area contributed by atoms with Gasteiger partial charge in [0.05, 0.1) is 6.04 Å². The third-order valence-corrected chi connectivity index (χ3v) is 1.94. The first-order chi connectivity index (χ1) is 5.61. The van der Waals surface area contributed by atoms with Crippen molar-refractivity contribution < 1.29 is 19.8 Å². The van der Waals surface area contributed by atoms with Crippen molar-refractivity contribution in [3.8, 4) is 0 Å². The van der Waals surface area contributed by atoms with Crippen molar-refractivity contribution in [3.05, 3.63) is 0 Å². The van der Waals surface area contributed by atoms with Crippen LogP contribution in [0.1, 0.15) is 19.3 Å². The molecule has 12 heavy (non-hydrogen) atoms. The van der Waals surface area contributed by atoms with Crippen LogP contribution >= 0.6 is 0 Å². The Morgan fingerprint density at radius 3 is 2.75 bits per heavy atom. The highest BCUT2D eigenvalue weighted by atomic mass is 16.4. The average Bonchev–Trinajstić information content (AvgIpc) is 1.98. The predicted octanol–water partition coefficient (Wildman–Crippen LogP) is -0.264. The van der Waals surface area contributed by atoms with Crippen LogP contribution in [0.4, 0.5) is 4.79 Å². The summed E-state index contributed by atoms with van der Waals surface area (Å²) in [4.78, 5) is 21.3. The quantitative estimate of drug-likeness (QED) is 0.509. The highest BCUT2D eigenvalue weighted by Crippen LogP contribution is 2.14. The molecule has 1 fully saturated rings. The van der Waals surface area contributed by atoms with Gasteiger partial charge in [-0.1, -0.05) is 0 Å². The molecule has 0 radical (unpaired) electrons. The molecule has 0 saturated heterocycles. The Bertz CT molecular complexity index is 204. The smallest absolute Gasteiger partial charge is 0.405 e. The average molecular weight is 173 g/mol. The number of rotatable bonds is 1. The Morgan fingerprint density at radius 2 is 2.17 bits per heavy atom. The van der Waals surface area contributed by atoms with Crippen molar-refractivity contribution in [1.82, 2.24) is 5.32 Å².